The Morgan fingerprint density at radius 1 is 1.00 bits per heavy atom. The fourth-order valence-corrected chi connectivity index (χ4v) is 4.13. The van der Waals surface area contributed by atoms with Gasteiger partial charge in [0.25, 0.3) is 0 Å². The first-order chi connectivity index (χ1) is 14.5. The van der Waals surface area contributed by atoms with Gasteiger partial charge >= 0.3 is 0 Å². The number of nitrogens with zero attached hydrogens (tertiary/aromatic N) is 1. The van der Waals surface area contributed by atoms with E-state index in [9.17, 15) is 9.59 Å². The van der Waals surface area contributed by atoms with Crippen molar-refractivity contribution < 1.29 is 9.59 Å². The Morgan fingerprint density at radius 3 is 2.33 bits per heavy atom. The normalized spacial score (nSPS) is 11.7. The van der Waals surface area contributed by atoms with Crippen LogP contribution in [0, 0.1) is 6.92 Å². The molecule has 0 heterocycles. The monoisotopic (exact) mass is 426 g/mol. The van der Waals surface area contributed by atoms with Gasteiger partial charge in [-0.3, -0.25) is 9.59 Å². The predicted molar refractivity (Wildman–Crippen MR) is 126 cm³/mol. The molecule has 1 N–H and O–H groups in total. The van der Waals surface area contributed by atoms with Gasteiger partial charge < -0.3 is 10.2 Å². The third-order valence-corrected chi connectivity index (χ3v) is 6.01. The zero-order valence-electron chi connectivity index (χ0n) is 18.4. The average molecular weight is 427 g/mol. The second kappa shape index (κ2) is 13.1. The van der Waals surface area contributed by atoms with E-state index in [4.69, 9.17) is 0 Å². The lowest BCUT2D eigenvalue weighted by atomic mass is 10.1. The molecule has 0 bridgehead atoms. The van der Waals surface area contributed by atoms with Crippen molar-refractivity contribution in [2.24, 2.45) is 0 Å². The van der Waals surface area contributed by atoms with E-state index >= 15 is 0 Å². The van der Waals surface area contributed by atoms with Gasteiger partial charge in [0.2, 0.25) is 11.8 Å². The molecule has 0 fully saturated rings. The first kappa shape index (κ1) is 24.0. The van der Waals surface area contributed by atoms with E-state index in [1.807, 2.05) is 63.2 Å². The molecule has 1 atom stereocenters. The summed E-state index contributed by atoms with van der Waals surface area (Å²) >= 11 is 1.75. The van der Waals surface area contributed by atoms with Crippen molar-refractivity contribution in [2.45, 2.75) is 58.4 Å². The van der Waals surface area contributed by atoms with Crippen molar-refractivity contribution >= 4 is 23.6 Å². The quantitative estimate of drug-likeness (QED) is 0.489. The third-order valence-electron chi connectivity index (χ3n) is 4.98. The van der Waals surface area contributed by atoms with Crippen molar-refractivity contribution in [1.82, 2.24) is 10.2 Å². The van der Waals surface area contributed by atoms with E-state index in [1.54, 1.807) is 16.7 Å². The minimum Gasteiger partial charge on any atom is -0.354 e. The molecule has 5 heteroatoms. The Morgan fingerprint density at radius 2 is 1.70 bits per heavy atom. The van der Waals surface area contributed by atoms with Crippen molar-refractivity contribution in [3.63, 3.8) is 0 Å². The van der Waals surface area contributed by atoms with E-state index in [1.165, 1.54) is 11.1 Å². The zero-order valence-corrected chi connectivity index (χ0v) is 19.2. The van der Waals surface area contributed by atoms with Crippen LogP contribution in [0.1, 0.15) is 49.8 Å². The highest BCUT2D eigenvalue weighted by atomic mass is 32.2. The highest BCUT2D eigenvalue weighted by molar-refractivity contribution is 7.98. The van der Waals surface area contributed by atoms with Crippen LogP contribution >= 0.6 is 11.8 Å². The maximum absolute atomic E-state index is 13.1. The highest BCUT2D eigenvalue weighted by Crippen LogP contribution is 2.17. The Bertz CT molecular complexity index is 777. The van der Waals surface area contributed by atoms with Crippen LogP contribution in [0.25, 0.3) is 0 Å². The van der Waals surface area contributed by atoms with Crippen LogP contribution in [-0.2, 0) is 21.9 Å². The molecule has 0 spiro atoms. The zero-order chi connectivity index (χ0) is 21.8. The van der Waals surface area contributed by atoms with Gasteiger partial charge in [0, 0.05) is 31.0 Å². The Hall–Kier alpha value is -2.27. The SMILES string of the molecule is CCCNC(=O)C(CC)N(Cc1ccc(C)cc1)C(=O)CCSCc1ccccc1. The summed E-state index contributed by atoms with van der Waals surface area (Å²) in [5.74, 6) is 1.61. The summed E-state index contributed by atoms with van der Waals surface area (Å²) in [6.45, 7) is 7.13. The highest BCUT2D eigenvalue weighted by Gasteiger charge is 2.28. The van der Waals surface area contributed by atoms with Crippen LogP contribution in [-0.4, -0.2) is 35.1 Å². The van der Waals surface area contributed by atoms with E-state index in [-0.39, 0.29) is 11.8 Å². The number of hydrogen-bond donors (Lipinski definition) is 1. The summed E-state index contributed by atoms with van der Waals surface area (Å²) in [6.07, 6.45) is 1.91. The van der Waals surface area contributed by atoms with Crippen molar-refractivity contribution in [3.05, 3.63) is 71.3 Å². The van der Waals surface area contributed by atoms with E-state index in [2.05, 4.69) is 17.4 Å². The predicted octanol–water partition coefficient (Wildman–Crippen LogP) is 4.95. The maximum atomic E-state index is 13.1. The largest absolute Gasteiger partial charge is 0.354 e. The van der Waals surface area contributed by atoms with E-state index < -0.39 is 6.04 Å². The molecule has 0 aliphatic rings. The number of nitrogens with one attached hydrogen (secondary N) is 1. The van der Waals surface area contributed by atoms with Gasteiger partial charge in [-0.1, -0.05) is 74.0 Å². The molecule has 0 radical (unpaired) electrons. The van der Waals surface area contributed by atoms with Gasteiger partial charge in [0.15, 0.2) is 0 Å². The molecular formula is C25H34N2O2S. The van der Waals surface area contributed by atoms with Crippen molar-refractivity contribution in [1.29, 1.82) is 0 Å². The van der Waals surface area contributed by atoms with Gasteiger partial charge in [0.1, 0.15) is 6.04 Å². The second-order valence-electron chi connectivity index (χ2n) is 7.51. The third kappa shape index (κ3) is 7.86. The molecule has 2 aromatic carbocycles. The summed E-state index contributed by atoms with van der Waals surface area (Å²) in [5, 5.41) is 2.96. The van der Waals surface area contributed by atoms with Gasteiger partial charge in [-0.2, -0.15) is 11.8 Å². The first-order valence-electron chi connectivity index (χ1n) is 10.8. The molecule has 30 heavy (non-hydrogen) atoms. The van der Waals surface area contributed by atoms with Gasteiger partial charge in [-0.25, -0.2) is 0 Å². The smallest absolute Gasteiger partial charge is 0.242 e. The first-order valence-corrected chi connectivity index (χ1v) is 11.9. The van der Waals surface area contributed by atoms with Crippen LogP contribution in [0.15, 0.2) is 54.6 Å². The van der Waals surface area contributed by atoms with Crippen LogP contribution in [0.2, 0.25) is 0 Å². The number of aryl methyl sites for hydroxylation is 1. The number of amides is 2. The van der Waals surface area contributed by atoms with Crippen molar-refractivity contribution in [3.8, 4) is 0 Å². The van der Waals surface area contributed by atoms with Crippen LogP contribution in [0.4, 0.5) is 0 Å². The maximum Gasteiger partial charge on any atom is 0.242 e. The Labute approximate surface area is 185 Å². The summed E-state index contributed by atoms with van der Waals surface area (Å²) in [5.41, 5.74) is 3.49. The van der Waals surface area contributed by atoms with Crippen LogP contribution in [0.3, 0.4) is 0 Å². The molecule has 2 rings (SSSR count). The molecule has 0 aromatic heterocycles. The van der Waals surface area contributed by atoms with Gasteiger partial charge in [-0.15, -0.1) is 0 Å². The molecule has 0 aliphatic heterocycles. The lowest BCUT2D eigenvalue weighted by molar-refractivity contribution is -0.141. The molecule has 2 amide bonds. The van der Waals surface area contributed by atoms with Crippen LogP contribution in [0.5, 0.6) is 0 Å². The Kier molecular flexibility index (Phi) is 10.5. The molecule has 0 saturated carbocycles. The van der Waals surface area contributed by atoms with Crippen molar-refractivity contribution in [2.75, 3.05) is 12.3 Å². The summed E-state index contributed by atoms with van der Waals surface area (Å²) in [4.78, 5) is 27.6. The molecule has 0 saturated heterocycles. The Balaban J connectivity index is 2.03. The lowest BCUT2D eigenvalue weighted by Crippen LogP contribution is -2.49. The topological polar surface area (TPSA) is 49.4 Å². The molecule has 2 aromatic rings. The molecule has 4 nitrogen and oxygen atoms in total. The minimum absolute atomic E-state index is 0.0367. The molecule has 1 unspecified atom stereocenters. The summed E-state index contributed by atoms with van der Waals surface area (Å²) < 4.78 is 0. The van der Waals surface area contributed by atoms with Gasteiger partial charge in [-0.05, 0) is 30.9 Å². The molecular weight excluding hydrogens is 392 g/mol. The fraction of sp³-hybridized carbons (Fsp3) is 0.440. The number of thioether (sulfide) groups is 1. The molecule has 0 aliphatic carbocycles. The number of benzene rings is 2. The summed E-state index contributed by atoms with van der Waals surface area (Å²) in [7, 11) is 0. The van der Waals surface area contributed by atoms with Crippen LogP contribution < -0.4 is 5.32 Å². The van der Waals surface area contributed by atoms with E-state index in [0.29, 0.717) is 25.9 Å². The summed E-state index contributed by atoms with van der Waals surface area (Å²) in [6, 6.07) is 18.0. The average Bonchev–Trinajstić information content (AvgIpc) is 2.77. The van der Waals surface area contributed by atoms with Gasteiger partial charge in [0.05, 0.1) is 0 Å². The number of carbonyl (C=O) groups is 2. The molecule has 162 valence electrons. The lowest BCUT2D eigenvalue weighted by Gasteiger charge is -2.30. The fourth-order valence-electron chi connectivity index (χ4n) is 3.24. The standard InChI is InChI=1S/C25H34N2O2S/c1-4-16-26-25(29)23(5-2)27(18-21-13-11-20(3)12-14-21)24(28)15-17-30-19-22-9-7-6-8-10-22/h6-14,23H,4-5,15-19H2,1-3H3,(H,26,29). The van der Waals surface area contributed by atoms with E-state index in [0.717, 1.165) is 23.5 Å². The second-order valence-corrected chi connectivity index (χ2v) is 8.62. The number of hydrogen-bond acceptors (Lipinski definition) is 3. The number of carbonyl (C=O) groups excluding carboxylic acids is 2. The number of rotatable bonds is 12. The minimum atomic E-state index is -0.440.